The van der Waals surface area contributed by atoms with Gasteiger partial charge in [0.15, 0.2) is 0 Å². The van der Waals surface area contributed by atoms with E-state index >= 15 is 0 Å². The van der Waals surface area contributed by atoms with Gasteiger partial charge < -0.3 is 4.74 Å². The van der Waals surface area contributed by atoms with Crippen LogP contribution in [0.25, 0.3) is 0 Å². The molecular weight excluding hydrogens is 224 g/mol. The first-order valence-corrected chi connectivity index (χ1v) is 7.14. The van der Waals surface area contributed by atoms with Gasteiger partial charge >= 0.3 is 5.97 Å². The topological polar surface area (TPSA) is 26.3 Å². The van der Waals surface area contributed by atoms with E-state index in [0.717, 1.165) is 32.1 Å². The molecule has 0 rings (SSSR count). The third-order valence-electron chi connectivity index (χ3n) is 2.77. The highest BCUT2D eigenvalue weighted by molar-refractivity contribution is 5.66. The first-order valence-electron chi connectivity index (χ1n) is 7.14. The average molecular weight is 252 g/mol. The minimum absolute atomic E-state index is 0.0644. The Morgan fingerprint density at radius 3 is 2.28 bits per heavy atom. The Morgan fingerprint density at radius 2 is 1.72 bits per heavy atom. The number of ether oxygens (including phenoxy) is 1. The Kier molecular flexibility index (Phi) is 11.7. The van der Waals surface area contributed by atoms with E-state index in [4.69, 9.17) is 4.74 Å². The molecule has 0 amide bonds. The van der Waals surface area contributed by atoms with Crippen molar-refractivity contribution in [3.05, 3.63) is 24.3 Å². The minimum Gasteiger partial charge on any atom is -0.463 e. The lowest BCUT2D eigenvalue weighted by Gasteiger charge is -2.15. The van der Waals surface area contributed by atoms with Crippen molar-refractivity contribution in [1.29, 1.82) is 0 Å². The summed E-state index contributed by atoms with van der Waals surface area (Å²) < 4.78 is 5.32. The maximum Gasteiger partial charge on any atom is 0.302 e. The summed E-state index contributed by atoms with van der Waals surface area (Å²) >= 11 is 0. The number of allylic oxidation sites excluding steroid dienone is 4. The van der Waals surface area contributed by atoms with E-state index < -0.39 is 0 Å². The summed E-state index contributed by atoms with van der Waals surface area (Å²) in [6, 6.07) is 0. The van der Waals surface area contributed by atoms with Crippen molar-refractivity contribution in [3.63, 3.8) is 0 Å². The molecule has 0 aromatic rings. The van der Waals surface area contributed by atoms with Crippen LogP contribution >= 0.6 is 0 Å². The van der Waals surface area contributed by atoms with Crippen LogP contribution in [0.4, 0.5) is 0 Å². The standard InChI is InChI=1S/C16H28O2/c1-4-6-8-9-10-12-14-16(18-15(3)17)13-11-7-5-2/h5,7,9-10,16H,4,6,8,11-14H2,1-3H3/b7-5?,10-9+. The molecule has 0 aliphatic heterocycles. The highest BCUT2D eigenvalue weighted by Crippen LogP contribution is 2.11. The summed E-state index contributed by atoms with van der Waals surface area (Å²) in [7, 11) is 0. The summed E-state index contributed by atoms with van der Waals surface area (Å²) in [6.07, 6.45) is 16.2. The van der Waals surface area contributed by atoms with Crippen molar-refractivity contribution >= 4 is 5.97 Å². The molecule has 0 fully saturated rings. The van der Waals surface area contributed by atoms with Crippen LogP contribution in [0.3, 0.4) is 0 Å². The highest BCUT2D eigenvalue weighted by atomic mass is 16.5. The van der Waals surface area contributed by atoms with E-state index in [9.17, 15) is 4.79 Å². The van der Waals surface area contributed by atoms with Crippen molar-refractivity contribution in [3.8, 4) is 0 Å². The van der Waals surface area contributed by atoms with E-state index in [0.29, 0.717) is 0 Å². The van der Waals surface area contributed by atoms with Gasteiger partial charge in [-0.3, -0.25) is 4.79 Å². The Hall–Kier alpha value is -1.05. The van der Waals surface area contributed by atoms with Crippen LogP contribution < -0.4 is 0 Å². The van der Waals surface area contributed by atoms with Gasteiger partial charge in [0.2, 0.25) is 0 Å². The third kappa shape index (κ3) is 11.4. The Balaban J connectivity index is 3.84. The van der Waals surface area contributed by atoms with E-state index in [1.165, 1.54) is 19.8 Å². The SMILES string of the molecule is CC=CCCC(CC/C=C/CCCC)OC(C)=O. The molecule has 1 atom stereocenters. The quantitative estimate of drug-likeness (QED) is 0.317. The second-order valence-electron chi connectivity index (χ2n) is 4.57. The number of unbranched alkanes of at least 4 members (excludes halogenated alkanes) is 2. The van der Waals surface area contributed by atoms with E-state index in [2.05, 4.69) is 25.2 Å². The average Bonchev–Trinajstić information content (AvgIpc) is 2.33. The zero-order valence-electron chi connectivity index (χ0n) is 12.2. The van der Waals surface area contributed by atoms with Gasteiger partial charge in [0, 0.05) is 6.92 Å². The monoisotopic (exact) mass is 252 g/mol. The van der Waals surface area contributed by atoms with Crippen LogP contribution in [-0.2, 0) is 9.53 Å². The van der Waals surface area contributed by atoms with Crippen molar-refractivity contribution in [1.82, 2.24) is 0 Å². The Morgan fingerprint density at radius 1 is 1.11 bits per heavy atom. The molecule has 1 unspecified atom stereocenters. The number of carbonyl (C=O) groups is 1. The van der Waals surface area contributed by atoms with E-state index in [1.807, 2.05) is 13.0 Å². The number of rotatable bonds is 10. The van der Waals surface area contributed by atoms with Crippen LogP contribution in [0.15, 0.2) is 24.3 Å². The van der Waals surface area contributed by atoms with Crippen molar-refractivity contribution in [2.24, 2.45) is 0 Å². The lowest BCUT2D eigenvalue weighted by Crippen LogP contribution is -2.15. The number of hydrogen-bond donors (Lipinski definition) is 0. The van der Waals surface area contributed by atoms with Crippen LogP contribution in [0.5, 0.6) is 0 Å². The van der Waals surface area contributed by atoms with Gasteiger partial charge in [0.1, 0.15) is 6.10 Å². The van der Waals surface area contributed by atoms with Crippen LogP contribution in [0.2, 0.25) is 0 Å². The van der Waals surface area contributed by atoms with Crippen molar-refractivity contribution in [2.45, 2.75) is 71.8 Å². The molecule has 0 N–H and O–H groups in total. The maximum absolute atomic E-state index is 11.0. The predicted octanol–water partition coefficient (Wildman–Crippen LogP) is 4.80. The van der Waals surface area contributed by atoms with Gasteiger partial charge in [-0.15, -0.1) is 0 Å². The van der Waals surface area contributed by atoms with Gasteiger partial charge in [-0.1, -0.05) is 44.1 Å². The molecule has 2 nitrogen and oxygen atoms in total. The molecule has 0 saturated heterocycles. The molecule has 0 spiro atoms. The van der Waals surface area contributed by atoms with Gasteiger partial charge in [0.25, 0.3) is 0 Å². The third-order valence-corrected chi connectivity index (χ3v) is 2.77. The smallest absolute Gasteiger partial charge is 0.302 e. The van der Waals surface area contributed by atoms with Gasteiger partial charge in [-0.2, -0.15) is 0 Å². The molecule has 0 saturated carbocycles. The molecule has 104 valence electrons. The first kappa shape index (κ1) is 16.9. The second kappa shape index (κ2) is 12.4. The molecule has 0 radical (unpaired) electrons. The van der Waals surface area contributed by atoms with Crippen LogP contribution in [0, 0.1) is 0 Å². The molecule has 0 aliphatic rings. The second-order valence-corrected chi connectivity index (χ2v) is 4.57. The molecule has 0 heterocycles. The molecule has 18 heavy (non-hydrogen) atoms. The lowest BCUT2D eigenvalue weighted by molar-refractivity contribution is -0.146. The molecule has 0 bridgehead atoms. The number of carbonyl (C=O) groups excluding carboxylic acids is 1. The molecule has 0 aromatic carbocycles. The van der Waals surface area contributed by atoms with Gasteiger partial charge in [-0.25, -0.2) is 0 Å². The molecule has 0 aliphatic carbocycles. The summed E-state index contributed by atoms with van der Waals surface area (Å²) in [5.74, 6) is -0.171. The summed E-state index contributed by atoms with van der Waals surface area (Å²) in [5.41, 5.74) is 0. The zero-order chi connectivity index (χ0) is 13.6. The summed E-state index contributed by atoms with van der Waals surface area (Å²) in [4.78, 5) is 11.0. The largest absolute Gasteiger partial charge is 0.463 e. The van der Waals surface area contributed by atoms with Gasteiger partial charge in [-0.05, 0) is 39.0 Å². The maximum atomic E-state index is 11.0. The summed E-state index contributed by atoms with van der Waals surface area (Å²) in [5, 5.41) is 0. The van der Waals surface area contributed by atoms with E-state index in [1.54, 1.807) is 0 Å². The lowest BCUT2D eigenvalue weighted by atomic mass is 10.1. The fourth-order valence-corrected chi connectivity index (χ4v) is 1.79. The van der Waals surface area contributed by atoms with Crippen molar-refractivity contribution in [2.75, 3.05) is 0 Å². The molecular formula is C16H28O2. The van der Waals surface area contributed by atoms with Gasteiger partial charge in [0.05, 0.1) is 0 Å². The van der Waals surface area contributed by atoms with E-state index in [-0.39, 0.29) is 12.1 Å². The molecule has 2 heteroatoms. The van der Waals surface area contributed by atoms with Crippen LogP contribution in [-0.4, -0.2) is 12.1 Å². The summed E-state index contributed by atoms with van der Waals surface area (Å²) in [6.45, 7) is 5.70. The number of hydrogen-bond acceptors (Lipinski definition) is 2. The Bertz CT molecular complexity index is 254. The van der Waals surface area contributed by atoms with Crippen molar-refractivity contribution < 1.29 is 9.53 Å². The predicted molar refractivity (Wildman–Crippen MR) is 77.5 cm³/mol. The fraction of sp³-hybridized carbons (Fsp3) is 0.688. The number of esters is 1. The highest BCUT2D eigenvalue weighted by Gasteiger charge is 2.09. The Labute approximate surface area is 112 Å². The first-order chi connectivity index (χ1) is 8.70. The molecule has 0 aromatic heterocycles. The van der Waals surface area contributed by atoms with Crippen LogP contribution in [0.1, 0.15) is 65.7 Å². The zero-order valence-corrected chi connectivity index (χ0v) is 12.2. The fourth-order valence-electron chi connectivity index (χ4n) is 1.79. The normalized spacial score (nSPS) is 13.3. The minimum atomic E-state index is -0.171.